The molecule has 1 aliphatic rings. The Hall–Kier alpha value is -1.39. The summed E-state index contributed by atoms with van der Waals surface area (Å²) in [4.78, 5) is 4.75. The number of halogens is 1. The van der Waals surface area contributed by atoms with Crippen molar-refractivity contribution in [3.63, 3.8) is 0 Å². The minimum atomic E-state index is 0.313. The molecule has 0 amide bonds. The Morgan fingerprint density at radius 3 is 3.00 bits per heavy atom. The predicted molar refractivity (Wildman–Crippen MR) is 83.8 cm³/mol. The molecule has 0 fully saturated rings. The van der Waals surface area contributed by atoms with E-state index in [9.17, 15) is 0 Å². The molecule has 2 heterocycles. The second kappa shape index (κ2) is 4.32. The normalized spacial score (nSPS) is 17.4. The van der Waals surface area contributed by atoms with E-state index in [0.717, 1.165) is 16.4 Å². The number of thiazole rings is 1. The number of benzene rings is 2. The van der Waals surface area contributed by atoms with Crippen LogP contribution in [-0.4, -0.2) is 4.98 Å². The van der Waals surface area contributed by atoms with Crippen molar-refractivity contribution >= 4 is 43.2 Å². The topological polar surface area (TPSA) is 24.9 Å². The van der Waals surface area contributed by atoms with Crippen LogP contribution in [0.3, 0.4) is 0 Å². The number of anilines is 1. The molecule has 1 aromatic heterocycles. The van der Waals surface area contributed by atoms with E-state index in [1.165, 1.54) is 21.0 Å². The highest BCUT2D eigenvalue weighted by Crippen LogP contribution is 2.37. The maximum absolute atomic E-state index is 4.75. The van der Waals surface area contributed by atoms with E-state index in [0.29, 0.717) is 6.04 Å². The molecule has 4 heteroatoms. The lowest BCUT2D eigenvalue weighted by Gasteiger charge is -2.06. The second-order valence-corrected chi connectivity index (χ2v) is 6.70. The van der Waals surface area contributed by atoms with E-state index in [1.807, 2.05) is 6.07 Å². The number of para-hydroxylation sites is 1. The SMILES string of the molecule is Brc1ccc2nc(C3Cc4ccccc4N3)sc2c1. The van der Waals surface area contributed by atoms with Gasteiger partial charge in [0.2, 0.25) is 0 Å². The van der Waals surface area contributed by atoms with Gasteiger partial charge in [-0.25, -0.2) is 4.98 Å². The number of nitrogens with zero attached hydrogens (tertiary/aromatic N) is 1. The van der Waals surface area contributed by atoms with Crippen LogP contribution < -0.4 is 5.32 Å². The smallest absolute Gasteiger partial charge is 0.116 e. The minimum absolute atomic E-state index is 0.313. The Morgan fingerprint density at radius 2 is 2.11 bits per heavy atom. The van der Waals surface area contributed by atoms with Crippen molar-refractivity contribution in [2.45, 2.75) is 12.5 Å². The van der Waals surface area contributed by atoms with Crippen LogP contribution in [-0.2, 0) is 6.42 Å². The van der Waals surface area contributed by atoms with Gasteiger partial charge in [0.05, 0.1) is 16.3 Å². The monoisotopic (exact) mass is 330 g/mol. The molecule has 94 valence electrons. The van der Waals surface area contributed by atoms with Crippen LogP contribution in [0.25, 0.3) is 10.2 Å². The van der Waals surface area contributed by atoms with Crippen molar-refractivity contribution in [2.24, 2.45) is 0 Å². The Morgan fingerprint density at radius 1 is 1.21 bits per heavy atom. The molecule has 4 rings (SSSR count). The highest BCUT2D eigenvalue weighted by atomic mass is 79.9. The Bertz CT molecular complexity index is 741. The van der Waals surface area contributed by atoms with Crippen molar-refractivity contribution in [1.29, 1.82) is 0 Å². The highest BCUT2D eigenvalue weighted by molar-refractivity contribution is 9.10. The lowest BCUT2D eigenvalue weighted by molar-refractivity contribution is 0.816. The fourth-order valence-corrected chi connectivity index (χ4v) is 4.08. The number of fused-ring (bicyclic) bond motifs is 2. The third kappa shape index (κ3) is 1.95. The first kappa shape index (κ1) is 11.4. The number of rotatable bonds is 1. The third-order valence-electron chi connectivity index (χ3n) is 3.44. The lowest BCUT2D eigenvalue weighted by Crippen LogP contribution is -2.04. The molecule has 2 nitrogen and oxygen atoms in total. The summed E-state index contributed by atoms with van der Waals surface area (Å²) in [6.07, 6.45) is 1.02. The van der Waals surface area contributed by atoms with Gasteiger partial charge in [0.25, 0.3) is 0 Å². The number of hydrogen-bond donors (Lipinski definition) is 1. The van der Waals surface area contributed by atoms with Gasteiger partial charge in [0.1, 0.15) is 5.01 Å². The lowest BCUT2D eigenvalue weighted by atomic mass is 10.1. The minimum Gasteiger partial charge on any atom is -0.375 e. The van der Waals surface area contributed by atoms with Crippen molar-refractivity contribution in [2.75, 3.05) is 5.32 Å². The van der Waals surface area contributed by atoms with Gasteiger partial charge in [-0.2, -0.15) is 0 Å². The first-order chi connectivity index (χ1) is 9.29. The molecule has 0 spiro atoms. The largest absolute Gasteiger partial charge is 0.375 e. The van der Waals surface area contributed by atoms with Gasteiger partial charge >= 0.3 is 0 Å². The maximum Gasteiger partial charge on any atom is 0.116 e. The second-order valence-electron chi connectivity index (χ2n) is 4.72. The zero-order valence-corrected chi connectivity index (χ0v) is 12.5. The summed E-state index contributed by atoms with van der Waals surface area (Å²) >= 11 is 5.29. The van der Waals surface area contributed by atoms with E-state index in [-0.39, 0.29) is 0 Å². The van der Waals surface area contributed by atoms with E-state index in [1.54, 1.807) is 11.3 Å². The Balaban J connectivity index is 1.73. The molecule has 0 radical (unpaired) electrons. The van der Waals surface area contributed by atoms with Crippen LogP contribution in [0.1, 0.15) is 16.6 Å². The van der Waals surface area contributed by atoms with Crippen molar-refractivity contribution < 1.29 is 0 Å². The summed E-state index contributed by atoms with van der Waals surface area (Å²) in [6.45, 7) is 0. The van der Waals surface area contributed by atoms with Crippen molar-refractivity contribution in [3.8, 4) is 0 Å². The van der Waals surface area contributed by atoms with Gasteiger partial charge in [-0.1, -0.05) is 34.1 Å². The molecule has 0 saturated heterocycles. The molecule has 1 N–H and O–H groups in total. The first-order valence-corrected chi connectivity index (χ1v) is 7.81. The summed E-state index contributed by atoms with van der Waals surface area (Å²) in [5.74, 6) is 0. The molecule has 3 aromatic rings. The number of nitrogens with one attached hydrogen (secondary N) is 1. The molecule has 2 aromatic carbocycles. The highest BCUT2D eigenvalue weighted by Gasteiger charge is 2.24. The van der Waals surface area contributed by atoms with Gasteiger partial charge in [-0.15, -0.1) is 11.3 Å². The average Bonchev–Trinajstić information content (AvgIpc) is 3.00. The molecular weight excluding hydrogens is 320 g/mol. The molecule has 0 bridgehead atoms. The Labute approximate surface area is 123 Å². The molecule has 19 heavy (non-hydrogen) atoms. The third-order valence-corrected chi connectivity index (χ3v) is 5.06. The summed E-state index contributed by atoms with van der Waals surface area (Å²) < 4.78 is 2.35. The number of aromatic nitrogens is 1. The Kier molecular flexibility index (Phi) is 2.60. The first-order valence-electron chi connectivity index (χ1n) is 6.20. The van der Waals surface area contributed by atoms with Gasteiger partial charge in [-0.3, -0.25) is 0 Å². The fourth-order valence-electron chi connectivity index (χ4n) is 2.51. The molecule has 1 atom stereocenters. The zero-order valence-electron chi connectivity index (χ0n) is 10.1. The van der Waals surface area contributed by atoms with Crippen LogP contribution in [0.4, 0.5) is 5.69 Å². The standard InChI is InChI=1S/C15H11BrN2S/c16-10-5-6-12-14(8-10)19-15(18-12)13-7-9-3-1-2-4-11(9)17-13/h1-6,8,13,17H,7H2. The van der Waals surface area contributed by atoms with Gasteiger partial charge in [0, 0.05) is 16.6 Å². The average molecular weight is 331 g/mol. The quantitative estimate of drug-likeness (QED) is 0.695. The van der Waals surface area contributed by atoms with Gasteiger partial charge < -0.3 is 5.32 Å². The van der Waals surface area contributed by atoms with Crippen LogP contribution >= 0.6 is 27.3 Å². The summed E-state index contributed by atoms with van der Waals surface area (Å²) in [5, 5.41) is 4.73. The molecule has 1 unspecified atom stereocenters. The van der Waals surface area contributed by atoms with Gasteiger partial charge in [0.15, 0.2) is 0 Å². The van der Waals surface area contributed by atoms with E-state index >= 15 is 0 Å². The zero-order chi connectivity index (χ0) is 12.8. The van der Waals surface area contributed by atoms with E-state index in [4.69, 9.17) is 4.98 Å². The van der Waals surface area contributed by atoms with Crippen LogP contribution in [0.5, 0.6) is 0 Å². The van der Waals surface area contributed by atoms with Crippen molar-refractivity contribution in [1.82, 2.24) is 4.98 Å². The number of hydrogen-bond acceptors (Lipinski definition) is 3. The predicted octanol–water partition coefficient (Wildman–Crippen LogP) is 4.77. The summed E-state index contributed by atoms with van der Waals surface area (Å²) in [7, 11) is 0. The summed E-state index contributed by atoms with van der Waals surface area (Å²) in [6, 6.07) is 15.1. The molecular formula is C15H11BrN2S. The molecule has 0 saturated carbocycles. The van der Waals surface area contributed by atoms with Crippen LogP contribution in [0.15, 0.2) is 46.9 Å². The summed E-state index contributed by atoms with van der Waals surface area (Å²) in [5.41, 5.74) is 3.71. The van der Waals surface area contributed by atoms with Crippen LogP contribution in [0.2, 0.25) is 0 Å². The molecule has 1 aliphatic heterocycles. The van der Waals surface area contributed by atoms with E-state index < -0.39 is 0 Å². The van der Waals surface area contributed by atoms with Crippen LogP contribution in [0, 0.1) is 0 Å². The van der Waals surface area contributed by atoms with Gasteiger partial charge in [-0.05, 0) is 29.8 Å². The van der Waals surface area contributed by atoms with E-state index in [2.05, 4.69) is 57.6 Å². The molecule has 0 aliphatic carbocycles. The maximum atomic E-state index is 4.75. The fraction of sp³-hybridized carbons (Fsp3) is 0.133. The van der Waals surface area contributed by atoms with Crippen molar-refractivity contribution in [3.05, 3.63) is 57.5 Å².